The molecule has 0 aliphatic carbocycles. The van der Waals surface area contributed by atoms with Crippen LogP contribution in [0.2, 0.25) is 0 Å². The first-order valence-corrected chi connectivity index (χ1v) is 11.3. The van der Waals surface area contributed by atoms with Crippen LogP contribution in [-0.2, 0) is 6.18 Å². The Balaban J connectivity index is 1.52. The number of benzene rings is 3. The highest BCUT2D eigenvalue weighted by atomic mass is 79.9. The van der Waals surface area contributed by atoms with Crippen LogP contribution in [0.25, 0.3) is 21.9 Å². The van der Waals surface area contributed by atoms with Crippen LogP contribution in [0.1, 0.15) is 16.3 Å². The molecule has 7 nitrogen and oxygen atoms in total. The third-order valence-corrected chi connectivity index (χ3v) is 5.92. The van der Waals surface area contributed by atoms with Crippen LogP contribution in [0, 0.1) is 0 Å². The van der Waals surface area contributed by atoms with E-state index in [4.69, 9.17) is 23.0 Å². The maximum absolute atomic E-state index is 13.8. The van der Waals surface area contributed by atoms with E-state index < -0.39 is 34.7 Å². The monoisotopic (exact) mass is 574 g/mol. The molecule has 0 fully saturated rings. The molecule has 11 heteroatoms. The molecule has 5 aromatic rings. The van der Waals surface area contributed by atoms with Crippen LogP contribution in [0.3, 0.4) is 0 Å². The summed E-state index contributed by atoms with van der Waals surface area (Å²) in [6.45, 7) is 0. The first-order valence-electron chi connectivity index (χ1n) is 10.5. The quantitative estimate of drug-likeness (QED) is 0.160. The first kappa shape index (κ1) is 24.4. The Morgan fingerprint density at radius 1 is 0.946 bits per heavy atom. The molecule has 0 saturated heterocycles. The minimum Gasteiger partial charge on any atom is -0.493 e. The van der Waals surface area contributed by atoms with Gasteiger partial charge in [0.05, 0.1) is 17.0 Å². The van der Waals surface area contributed by atoms with Crippen molar-refractivity contribution in [1.82, 2.24) is 0 Å². The third-order valence-electron chi connectivity index (χ3n) is 5.27. The normalized spacial score (nSPS) is 11.6. The number of hydrogen-bond acceptors (Lipinski definition) is 7. The molecule has 37 heavy (non-hydrogen) atoms. The Labute approximate surface area is 214 Å². The molecule has 188 valence electrons. The van der Waals surface area contributed by atoms with Crippen molar-refractivity contribution in [2.45, 2.75) is 6.18 Å². The fourth-order valence-electron chi connectivity index (χ4n) is 3.59. The van der Waals surface area contributed by atoms with Crippen molar-refractivity contribution >= 4 is 43.8 Å². The lowest BCUT2D eigenvalue weighted by Gasteiger charge is -2.14. The second-order valence-corrected chi connectivity index (χ2v) is 8.51. The summed E-state index contributed by atoms with van der Waals surface area (Å²) in [6.07, 6.45) is -5.05. The molecule has 0 bridgehead atoms. The molecule has 3 aromatic carbocycles. The van der Waals surface area contributed by atoms with Crippen molar-refractivity contribution < 1.29 is 41.0 Å². The molecular formula is C26H14BrF3O7. The van der Waals surface area contributed by atoms with Crippen LogP contribution in [0.15, 0.2) is 84.8 Å². The highest BCUT2D eigenvalue weighted by molar-refractivity contribution is 9.10. The molecule has 0 radical (unpaired) electrons. The summed E-state index contributed by atoms with van der Waals surface area (Å²) < 4.78 is 68.2. The molecule has 2 aromatic heterocycles. The zero-order valence-corrected chi connectivity index (χ0v) is 20.3. The maximum Gasteiger partial charge on any atom is 0.453 e. The lowest BCUT2D eigenvalue weighted by Crippen LogP contribution is -2.15. The summed E-state index contributed by atoms with van der Waals surface area (Å²) in [7, 11) is 1.45. The SMILES string of the molecule is COc1cccc2cc(C(=O)Oc3ccc4c(=O)c(Oc5ccccc5Br)c(C(F)(F)F)oc4c3)oc12. The topological polar surface area (TPSA) is 88.1 Å². The number of carbonyl (C=O) groups excluding carboxylic acids is 1. The number of fused-ring (bicyclic) bond motifs is 2. The standard InChI is InChI=1S/C26H14BrF3O7/c1-33-18-8-4-5-13-11-20(36-22(13)18)25(32)34-14-9-10-15-19(12-14)37-24(26(28,29)30)23(21(15)31)35-17-7-3-2-6-16(17)27/h2-12H,1H3. The summed E-state index contributed by atoms with van der Waals surface area (Å²) in [5.41, 5.74) is -1.17. The van der Waals surface area contributed by atoms with Gasteiger partial charge >= 0.3 is 12.1 Å². The largest absolute Gasteiger partial charge is 0.493 e. The van der Waals surface area contributed by atoms with Gasteiger partial charge < -0.3 is 23.0 Å². The second-order valence-electron chi connectivity index (χ2n) is 7.66. The molecule has 0 unspecified atom stereocenters. The number of alkyl halides is 3. The van der Waals surface area contributed by atoms with Gasteiger partial charge in [-0.2, -0.15) is 13.2 Å². The number of halogens is 4. The highest BCUT2D eigenvalue weighted by Gasteiger charge is 2.40. The Bertz CT molecular complexity index is 1720. The molecule has 0 amide bonds. The molecular weight excluding hydrogens is 561 g/mol. The van der Waals surface area contributed by atoms with Crippen molar-refractivity contribution in [1.29, 1.82) is 0 Å². The van der Waals surface area contributed by atoms with Crippen LogP contribution >= 0.6 is 15.9 Å². The van der Waals surface area contributed by atoms with E-state index in [9.17, 15) is 22.8 Å². The van der Waals surface area contributed by atoms with Gasteiger partial charge in [-0.3, -0.25) is 4.79 Å². The molecule has 2 heterocycles. The van der Waals surface area contributed by atoms with E-state index in [2.05, 4.69) is 15.9 Å². The molecule has 0 aliphatic rings. The van der Waals surface area contributed by atoms with Crippen LogP contribution in [0.5, 0.6) is 23.0 Å². The van der Waals surface area contributed by atoms with Gasteiger partial charge in [-0.25, -0.2) is 4.79 Å². The van der Waals surface area contributed by atoms with E-state index >= 15 is 0 Å². The van der Waals surface area contributed by atoms with E-state index in [-0.39, 0.29) is 22.6 Å². The van der Waals surface area contributed by atoms with E-state index in [1.54, 1.807) is 30.3 Å². The van der Waals surface area contributed by atoms with E-state index in [1.807, 2.05) is 0 Å². The number of para-hydroxylation sites is 2. The average molecular weight is 575 g/mol. The van der Waals surface area contributed by atoms with Gasteiger partial charge in [0.2, 0.25) is 16.9 Å². The number of hydrogen-bond donors (Lipinski definition) is 0. The molecule has 5 rings (SSSR count). The highest BCUT2D eigenvalue weighted by Crippen LogP contribution is 2.40. The zero-order chi connectivity index (χ0) is 26.3. The summed E-state index contributed by atoms with van der Waals surface area (Å²) in [4.78, 5) is 25.6. The van der Waals surface area contributed by atoms with Gasteiger partial charge in [-0.15, -0.1) is 0 Å². The fourth-order valence-corrected chi connectivity index (χ4v) is 3.96. The summed E-state index contributed by atoms with van der Waals surface area (Å²) >= 11 is 3.17. The minimum absolute atomic E-state index is 0.00679. The second kappa shape index (κ2) is 9.32. The third kappa shape index (κ3) is 4.65. The lowest BCUT2D eigenvalue weighted by atomic mass is 10.2. The number of carbonyl (C=O) groups is 1. The van der Waals surface area contributed by atoms with Crippen LogP contribution < -0.4 is 19.6 Å². The van der Waals surface area contributed by atoms with Gasteiger partial charge in [-0.1, -0.05) is 24.3 Å². The smallest absolute Gasteiger partial charge is 0.453 e. The lowest BCUT2D eigenvalue weighted by molar-refractivity contribution is -0.154. The number of methoxy groups -OCH3 is 1. The number of furan rings is 1. The molecule has 0 atom stereocenters. The Hall–Kier alpha value is -4.25. The Morgan fingerprint density at radius 3 is 2.43 bits per heavy atom. The zero-order valence-electron chi connectivity index (χ0n) is 18.7. The summed E-state index contributed by atoms with van der Waals surface area (Å²) in [5, 5.41) is 0.381. The summed E-state index contributed by atoms with van der Waals surface area (Å²) in [6, 6.07) is 16.0. The van der Waals surface area contributed by atoms with E-state index in [0.29, 0.717) is 21.2 Å². The summed E-state index contributed by atoms with van der Waals surface area (Å²) in [5.74, 6) is -3.49. The molecule has 0 aliphatic heterocycles. The molecule has 0 spiro atoms. The Kier molecular flexibility index (Phi) is 6.16. The predicted octanol–water partition coefficient (Wildman–Crippen LogP) is 7.34. The van der Waals surface area contributed by atoms with Crippen molar-refractivity contribution in [2.75, 3.05) is 7.11 Å². The van der Waals surface area contributed by atoms with Crippen LogP contribution in [-0.4, -0.2) is 13.1 Å². The van der Waals surface area contributed by atoms with Crippen LogP contribution in [0.4, 0.5) is 13.2 Å². The van der Waals surface area contributed by atoms with Gasteiger partial charge in [0.1, 0.15) is 17.1 Å². The van der Waals surface area contributed by atoms with Crippen molar-refractivity contribution in [3.05, 3.63) is 92.9 Å². The fraction of sp³-hybridized carbons (Fsp3) is 0.0769. The van der Waals surface area contributed by atoms with Gasteiger partial charge in [0.15, 0.2) is 11.3 Å². The maximum atomic E-state index is 13.8. The van der Waals surface area contributed by atoms with Gasteiger partial charge in [0, 0.05) is 11.5 Å². The van der Waals surface area contributed by atoms with Crippen molar-refractivity contribution in [3.8, 4) is 23.0 Å². The predicted molar refractivity (Wildman–Crippen MR) is 129 cm³/mol. The number of esters is 1. The minimum atomic E-state index is -5.05. The van der Waals surface area contributed by atoms with Crippen molar-refractivity contribution in [3.63, 3.8) is 0 Å². The number of rotatable bonds is 5. The van der Waals surface area contributed by atoms with Gasteiger partial charge in [0.25, 0.3) is 5.76 Å². The Morgan fingerprint density at radius 2 is 1.70 bits per heavy atom. The van der Waals surface area contributed by atoms with Gasteiger partial charge in [-0.05, 0) is 52.3 Å². The average Bonchev–Trinajstić information content (AvgIpc) is 3.31. The first-order chi connectivity index (χ1) is 17.7. The molecule has 0 saturated carbocycles. The number of ether oxygens (including phenoxy) is 3. The van der Waals surface area contributed by atoms with E-state index in [1.165, 1.54) is 37.4 Å². The molecule has 0 N–H and O–H groups in total. The van der Waals surface area contributed by atoms with Crippen molar-refractivity contribution in [2.24, 2.45) is 0 Å². The van der Waals surface area contributed by atoms with E-state index in [0.717, 1.165) is 6.07 Å².